The monoisotopic (exact) mass is 306 g/mol. The summed E-state index contributed by atoms with van der Waals surface area (Å²) in [4.78, 5) is 11.9. The molecule has 0 spiro atoms. The zero-order valence-corrected chi connectivity index (χ0v) is 14.3. The van der Waals surface area contributed by atoms with Crippen molar-refractivity contribution in [1.82, 2.24) is 0 Å². The molecule has 0 aromatic heterocycles. The zero-order valence-electron chi connectivity index (χ0n) is 14.3. The van der Waals surface area contributed by atoms with E-state index in [4.69, 9.17) is 9.47 Å². The number of unbranched alkanes of at least 4 members (excludes halogenated alkanes) is 5. The van der Waals surface area contributed by atoms with E-state index in [2.05, 4.69) is 13.8 Å². The van der Waals surface area contributed by atoms with Crippen LogP contribution < -0.4 is 9.47 Å². The van der Waals surface area contributed by atoms with Gasteiger partial charge in [-0.15, -0.1) is 0 Å². The summed E-state index contributed by atoms with van der Waals surface area (Å²) < 4.78 is 10.8. The molecule has 0 N–H and O–H groups in total. The van der Waals surface area contributed by atoms with Crippen LogP contribution in [-0.2, 0) is 11.2 Å². The minimum absolute atomic E-state index is 0.169. The average Bonchev–Trinajstić information content (AvgIpc) is 2.52. The predicted octanol–water partition coefficient (Wildman–Crippen LogP) is 5.30. The van der Waals surface area contributed by atoms with Crippen LogP contribution in [0.15, 0.2) is 18.2 Å². The van der Waals surface area contributed by atoms with Crippen molar-refractivity contribution < 1.29 is 14.3 Å². The lowest BCUT2D eigenvalue weighted by atomic mass is 10.1. The van der Waals surface area contributed by atoms with Gasteiger partial charge in [0.1, 0.15) is 0 Å². The molecule has 0 saturated carbocycles. The lowest BCUT2D eigenvalue weighted by Crippen LogP contribution is -2.08. The van der Waals surface area contributed by atoms with Gasteiger partial charge in [0.15, 0.2) is 11.5 Å². The summed E-state index contributed by atoms with van der Waals surface area (Å²) in [6, 6.07) is 5.79. The Morgan fingerprint density at radius 2 is 1.68 bits per heavy atom. The Morgan fingerprint density at radius 3 is 2.36 bits per heavy atom. The number of aryl methyl sites for hydroxylation is 1. The van der Waals surface area contributed by atoms with E-state index < -0.39 is 0 Å². The first-order valence-corrected chi connectivity index (χ1v) is 8.58. The van der Waals surface area contributed by atoms with E-state index in [0.717, 1.165) is 25.7 Å². The van der Waals surface area contributed by atoms with Crippen LogP contribution in [-0.4, -0.2) is 13.1 Å². The Kier molecular flexibility index (Phi) is 9.36. The van der Waals surface area contributed by atoms with Crippen LogP contribution in [0.5, 0.6) is 11.5 Å². The number of esters is 1. The molecule has 3 heteroatoms. The zero-order chi connectivity index (χ0) is 16.2. The Morgan fingerprint density at radius 1 is 0.955 bits per heavy atom. The maximum Gasteiger partial charge on any atom is 0.311 e. The molecule has 0 aliphatic rings. The van der Waals surface area contributed by atoms with Gasteiger partial charge in [-0.05, 0) is 30.5 Å². The van der Waals surface area contributed by atoms with E-state index in [1.807, 2.05) is 18.2 Å². The predicted molar refractivity (Wildman–Crippen MR) is 90.6 cm³/mol. The first-order valence-electron chi connectivity index (χ1n) is 8.58. The van der Waals surface area contributed by atoms with Crippen LogP contribution in [0.4, 0.5) is 0 Å². The average molecular weight is 306 g/mol. The molecule has 0 aliphatic carbocycles. The molecule has 0 aliphatic heterocycles. The fraction of sp³-hybridized carbons (Fsp3) is 0.632. The Labute approximate surface area is 135 Å². The van der Waals surface area contributed by atoms with E-state index in [9.17, 15) is 4.79 Å². The summed E-state index contributed by atoms with van der Waals surface area (Å²) in [5.74, 6) is 0.998. The number of benzene rings is 1. The van der Waals surface area contributed by atoms with Gasteiger partial charge in [0.25, 0.3) is 0 Å². The molecule has 0 atom stereocenters. The summed E-state index contributed by atoms with van der Waals surface area (Å²) in [5.41, 5.74) is 1.20. The van der Waals surface area contributed by atoms with Crippen molar-refractivity contribution >= 4 is 5.97 Å². The highest BCUT2D eigenvalue weighted by molar-refractivity contribution is 5.73. The van der Waals surface area contributed by atoms with E-state index in [1.165, 1.54) is 31.2 Å². The lowest BCUT2D eigenvalue weighted by Gasteiger charge is -2.11. The normalized spacial score (nSPS) is 10.5. The maximum atomic E-state index is 11.9. The lowest BCUT2D eigenvalue weighted by molar-refractivity contribution is -0.134. The third-order valence-electron chi connectivity index (χ3n) is 3.72. The van der Waals surface area contributed by atoms with Crippen LogP contribution in [0.1, 0.15) is 70.8 Å². The van der Waals surface area contributed by atoms with Gasteiger partial charge >= 0.3 is 5.97 Å². The second-order valence-electron chi connectivity index (χ2n) is 5.73. The molecule has 0 saturated heterocycles. The van der Waals surface area contributed by atoms with Crippen LogP contribution in [0, 0.1) is 0 Å². The molecule has 1 aromatic carbocycles. The highest BCUT2D eigenvalue weighted by atomic mass is 16.6. The van der Waals surface area contributed by atoms with Gasteiger partial charge in [-0.2, -0.15) is 0 Å². The third-order valence-corrected chi connectivity index (χ3v) is 3.72. The van der Waals surface area contributed by atoms with Crippen LogP contribution in [0.2, 0.25) is 0 Å². The minimum Gasteiger partial charge on any atom is -0.493 e. The number of methoxy groups -OCH3 is 1. The van der Waals surface area contributed by atoms with E-state index >= 15 is 0 Å². The minimum atomic E-state index is -0.169. The Hall–Kier alpha value is -1.51. The van der Waals surface area contributed by atoms with Gasteiger partial charge < -0.3 is 9.47 Å². The van der Waals surface area contributed by atoms with Crippen LogP contribution >= 0.6 is 0 Å². The van der Waals surface area contributed by atoms with Gasteiger partial charge in [-0.3, -0.25) is 4.79 Å². The van der Waals surface area contributed by atoms with Crippen molar-refractivity contribution in [2.45, 2.75) is 71.6 Å². The molecule has 0 bridgehead atoms. The van der Waals surface area contributed by atoms with Gasteiger partial charge in [0.05, 0.1) is 7.11 Å². The second kappa shape index (κ2) is 11.1. The van der Waals surface area contributed by atoms with Crippen molar-refractivity contribution in [3.05, 3.63) is 23.8 Å². The van der Waals surface area contributed by atoms with Crippen LogP contribution in [0.25, 0.3) is 0 Å². The molecule has 0 amide bonds. The molecule has 124 valence electrons. The smallest absolute Gasteiger partial charge is 0.311 e. The second-order valence-corrected chi connectivity index (χ2v) is 5.73. The van der Waals surface area contributed by atoms with E-state index in [-0.39, 0.29) is 5.97 Å². The standard InChI is InChI=1S/C19H30O3/c1-4-6-7-8-9-10-12-19(20)22-17-14-13-16(11-5-2)15-18(17)21-3/h13-15H,4-12H2,1-3H3. The van der Waals surface area contributed by atoms with Gasteiger partial charge in [-0.25, -0.2) is 0 Å². The fourth-order valence-electron chi connectivity index (χ4n) is 2.46. The van der Waals surface area contributed by atoms with E-state index in [0.29, 0.717) is 17.9 Å². The summed E-state index contributed by atoms with van der Waals surface area (Å²) in [7, 11) is 1.61. The molecule has 22 heavy (non-hydrogen) atoms. The summed E-state index contributed by atoms with van der Waals surface area (Å²) >= 11 is 0. The number of rotatable bonds is 11. The van der Waals surface area contributed by atoms with Gasteiger partial charge in [0.2, 0.25) is 0 Å². The maximum absolute atomic E-state index is 11.9. The SMILES string of the molecule is CCCCCCCCC(=O)Oc1ccc(CCC)cc1OC. The molecule has 0 unspecified atom stereocenters. The number of hydrogen-bond donors (Lipinski definition) is 0. The number of carbonyl (C=O) groups excluding carboxylic acids is 1. The summed E-state index contributed by atoms with van der Waals surface area (Å²) in [6.45, 7) is 4.34. The third kappa shape index (κ3) is 6.97. The molecule has 0 radical (unpaired) electrons. The van der Waals surface area contributed by atoms with Crippen molar-refractivity contribution in [2.75, 3.05) is 7.11 Å². The largest absolute Gasteiger partial charge is 0.493 e. The first-order chi connectivity index (χ1) is 10.7. The fourth-order valence-corrected chi connectivity index (χ4v) is 2.46. The Bertz CT molecular complexity index is 440. The molecule has 1 aromatic rings. The highest BCUT2D eigenvalue weighted by Gasteiger charge is 2.10. The van der Waals surface area contributed by atoms with Crippen LogP contribution in [0.3, 0.4) is 0 Å². The van der Waals surface area contributed by atoms with Gasteiger partial charge in [0, 0.05) is 6.42 Å². The number of carbonyl (C=O) groups is 1. The van der Waals surface area contributed by atoms with Crippen molar-refractivity contribution in [1.29, 1.82) is 0 Å². The molecule has 0 heterocycles. The van der Waals surface area contributed by atoms with Gasteiger partial charge in [-0.1, -0.05) is 58.4 Å². The topological polar surface area (TPSA) is 35.5 Å². The summed E-state index contributed by atoms with van der Waals surface area (Å²) in [5, 5.41) is 0. The van der Waals surface area contributed by atoms with E-state index in [1.54, 1.807) is 7.11 Å². The molecule has 3 nitrogen and oxygen atoms in total. The summed E-state index contributed by atoms with van der Waals surface area (Å²) in [6.07, 6.45) is 9.56. The molecular weight excluding hydrogens is 276 g/mol. The number of ether oxygens (including phenoxy) is 2. The first kappa shape index (κ1) is 18.5. The Balaban J connectivity index is 2.40. The highest BCUT2D eigenvalue weighted by Crippen LogP contribution is 2.29. The molecular formula is C19H30O3. The molecule has 1 rings (SSSR count). The van der Waals surface area contributed by atoms with Crippen molar-refractivity contribution in [3.8, 4) is 11.5 Å². The quantitative estimate of drug-likeness (QED) is 0.316. The van der Waals surface area contributed by atoms with Crippen molar-refractivity contribution in [3.63, 3.8) is 0 Å². The molecule has 0 fully saturated rings. The van der Waals surface area contributed by atoms with Crippen molar-refractivity contribution in [2.24, 2.45) is 0 Å². The number of hydrogen-bond acceptors (Lipinski definition) is 3.